The lowest BCUT2D eigenvalue weighted by Gasteiger charge is -2.11. The van der Waals surface area contributed by atoms with Crippen molar-refractivity contribution in [1.82, 2.24) is 4.72 Å². The molecule has 0 unspecified atom stereocenters. The number of carbonyl (C=O) groups excluding carboxylic acids is 1. The number of rotatable bonds is 7. The average Bonchev–Trinajstić information content (AvgIpc) is 3.03. The van der Waals surface area contributed by atoms with Crippen LogP contribution in [0.1, 0.15) is 6.92 Å². The van der Waals surface area contributed by atoms with E-state index in [2.05, 4.69) is 10.0 Å². The van der Waals surface area contributed by atoms with Gasteiger partial charge in [-0.05, 0) is 30.5 Å². The van der Waals surface area contributed by atoms with Crippen molar-refractivity contribution in [1.29, 1.82) is 0 Å². The third-order valence-corrected chi connectivity index (χ3v) is 5.44. The molecule has 6 nitrogen and oxygen atoms in total. The van der Waals surface area contributed by atoms with Crippen molar-refractivity contribution in [2.24, 2.45) is 0 Å². The molecule has 118 valence electrons. The number of thiophene rings is 1. The van der Waals surface area contributed by atoms with Crippen molar-refractivity contribution in [3.8, 4) is 5.75 Å². The van der Waals surface area contributed by atoms with Gasteiger partial charge >= 0.3 is 0 Å². The smallest absolute Gasteiger partial charge is 0.250 e. The Balaban J connectivity index is 1.97. The second-order valence-corrected chi connectivity index (χ2v) is 7.18. The number of amides is 1. The maximum Gasteiger partial charge on any atom is 0.250 e. The number of hydrogen-bond donors (Lipinski definition) is 2. The Hall–Kier alpha value is -1.90. The van der Waals surface area contributed by atoms with Crippen molar-refractivity contribution >= 4 is 33.0 Å². The van der Waals surface area contributed by atoms with Gasteiger partial charge in [0.15, 0.2) is 0 Å². The Kier molecular flexibility index (Phi) is 5.53. The molecule has 0 spiro atoms. The fourth-order valence-corrected chi connectivity index (χ4v) is 3.71. The summed E-state index contributed by atoms with van der Waals surface area (Å²) >= 11 is 1.09. The van der Waals surface area contributed by atoms with Gasteiger partial charge in [0.2, 0.25) is 5.91 Å². The number of carbonyl (C=O) groups is 1. The molecule has 0 radical (unpaired) electrons. The molecule has 0 bridgehead atoms. The summed E-state index contributed by atoms with van der Waals surface area (Å²) in [6.07, 6.45) is 0. The SMILES string of the molecule is CCOc1ccccc1NC(=O)CNS(=O)(=O)c1cccs1. The molecule has 1 heterocycles. The molecule has 1 aromatic carbocycles. The molecule has 0 aliphatic rings. The molecule has 2 N–H and O–H groups in total. The highest BCUT2D eigenvalue weighted by molar-refractivity contribution is 7.91. The predicted molar refractivity (Wildman–Crippen MR) is 85.7 cm³/mol. The highest BCUT2D eigenvalue weighted by Gasteiger charge is 2.16. The van der Waals surface area contributed by atoms with Crippen molar-refractivity contribution in [3.63, 3.8) is 0 Å². The third kappa shape index (κ3) is 4.30. The predicted octanol–water partition coefficient (Wildman–Crippen LogP) is 2.06. The fourth-order valence-electron chi connectivity index (χ4n) is 1.69. The van der Waals surface area contributed by atoms with Crippen molar-refractivity contribution in [3.05, 3.63) is 41.8 Å². The number of ether oxygens (including phenoxy) is 1. The van der Waals surface area contributed by atoms with E-state index in [0.29, 0.717) is 18.0 Å². The van der Waals surface area contributed by atoms with Crippen molar-refractivity contribution in [2.45, 2.75) is 11.1 Å². The van der Waals surface area contributed by atoms with Crippen LogP contribution in [0.15, 0.2) is 46.0 Å². The van der Waals surface area contributed by atoms with Crippen LogP contribution < -0.4 is 14.8 Å². The van der Waals surface area contributed by atoms with Crippen LogP contribution in [0.2, 0.25) is 0 Å². The molecule has 0 aliphatic carbocycles. The quantitative estimate of drug-likeness (QED) is 0.808. The first-order chi connectivity index (χ1) is 10.5. The second kappa shape index (κ2) is 7.39. The van der Waals surface area contributed by atoms with E-state index in [1.54, 1.807) is 35.7 Å². The Bertz CT molecular complexity index is 727. The molecular formula is C14H16N2O4S2. The highest BCUT2D eigenvalue weighted by atomic mass is 32.2. The lowest BCUT2D eigenvalue weighted by molar-refractivity contribution is -0.115. The Morgan fingerprint density at radius 3 is 2.68 bits per heavy atom. The summed E-state index contributed by atoms with van der Waals surface area (Å²) in [7, 11) is -3.65. The summed E-state index contributed by atoms with van der Waals surface area (Å²) in [6.45, 7) is 1.96. The molecule has 0 fully saturated rings. The fraction of sp³-hybridized carbons (Fsp3) is 0.214. The summed E-state index contributed by atoms with van der Waals surface area (Å²) in [6, 6.07) is 10.1. The number of anilines is 1. The van der Waals surface area contributed by atoms with E-state index in [-0.39, 0.29) is 10.8 Å². The first kappa shape index (κ1) is 16.5. The van der Waals surface area contributed by atoms with Crippen LogP contribution in [0, 0.1) is 0 Å². The molecular weight excluding hydrogens is 324 g/mol. The molecule has 22 heavy (non-hydrogen) atoms. The van der Waals surface area contributed by atoms with Gasteiger partial charge in [0.05, 0.1) is 18.8 Å². The summed E-state index contributed by atoms with van der Waals surface area (Å²) < 4.78 is 31.7. The molecule has 0 aliphatic heterocycles. The van der Waals surface area contributed by atoms with Gasteiger partial charge in [0, 0.05) is 0 Å². The lowest BCUT2D eigenvalue weighted by atomic mass is 10.3. The van der Waals surface area contributed by atoms with Crippen LogP contribution in [0.3, 0.4) is 0 Å². The summed E-state index contributed by atoms with van der Waals surface area (Å²) in [5.41, 5.74) is 0.504. The van der Waals surface area contributed by atoms with Gasteiger partial charge in [-0.1, -0.05) is 18.2 Å². The zero-order valence-electron chi connectivity index (χ0n) is 11.9. The molecule has 2 rings (SSSR count). The van der Waals surface area contributed by atoms with Crippen LogP contribution in [-0.4, -0.2) is 27.5 Å². The monoisotopic (exact) mass is 340 g/mol. The topological polar surface area (TPSA) is 84.5 Å². The van der Waals surface area contributed by atoms with Gasteiger partial charge in [-0.15, -0.1) is 11.3 Å². The number of benzene rings is 1. The largest absolute Gasteiger partial charge is 0.492 e. The molecule has 1 amide bonds. The van der Waals surface area contributed by atoms with E-state index in [9.17, 15) is 13.2 Å². The van der Waals surface area contributed by atoms with E-state index in [4.69, 9.17) is 4.74 Å². The zero-order valence-corrected chi connectivity index (χ0v) is 13.5. The third-order valence-electron chi connectivity index (χ3n) is 2.64. The van der Waals surface area contributed by atoms with E-state index in [0.717, 1.165) is 11.3 Å². The molecule has 0 saturated heterocycles. The minimum Gasteiger partial charge on any atom is -0.492 e. The summed E-state index contributed by atoms with van der Waals surface area (Å²) in [5, 5.41) is 4.29. The molecule has 0 saturated carbocycles. The summed E-state index contributed by atoms with van der Waals surface area (Å²) in [4.78, 5) is 11.9. The maximum absolute atomic E-state index is 11.9. The Morgan fingerprint density at radius 2 is 2.00 bits per heavy atom. The van der Waals surface area contributed by atoms with Crippen LogP contribution in [0.4, 0.5) is 5.69 Å². The standard InChI is InChI=1S/C14H16N2O4S2/c1-2-20-12-7-4-3-6-11(12)16-13(17)10-15-22(18,19)14-8-5-9-21-14/h3-9,15H,2,10H2,1H3,(H,16,17). The lowest BCUT2D eigenvalue weighted by Crippen LogP contribution is -2.32. The van der Waals surface area contributed by atoms with Gasteiger partial charge in [0.1, 0.15) is 9.96 Å². The van der Waals surface area contributed by atoms with E-state index in [1.807, 2.05) is 6.92 Å². The number of hydrogen-bond acceptors (Lipinski definition) is 5. The van der Waals surface area contributed by atoms with E-state index in [1.165, 1.54) is 6.07 Å². The van der Waals surface area contributed by atoms with Crippen molar-refractivity contribution < 1.29 is 17.9 Å². The molecule has 2 aromatic rings. The van der Waals surface area contributed by atoms with Gasteiger partial charge in [-0.25, -0.2) is 13.1 Å². The van der Waals surface area contributed by atoms with Crippen molar-refractivity contribution in [2.75, 3.05) is 18.5 Å². The van der Waals surface area contributed by atoms with Crippen LogP contribution >= 0.6 is 11.3 Å². The maximum atomic E-state index is 11.9. The molecule has 0 atom stereocenters. The van der Waals surface area contributed by atoms with E-state index < -0.39 is 15.9 Å². The van der Waals surface area contributed by atoms with Crippen LogP contribution in [0.5, 0.6) is 5.75 Å². The van der Waals surface area contributed by atoms with Crippen LogP contribution in [-0.2, 0) is 14.8 Å². The molecule has 1 aromatic heterocycles. The minimum atomic E-state index is -3.65. The number of nitrogens with one attached hydrogen (secondary N) is 2. The summed E-state index contributed by atoms with van der Waals surface area (Å²) in [5.74, 6) is 0.0757. The van der Waals surface area contributed by atoms with E-state index >= 15 is 0 Å². The number of sulfonamides is 1. The Labute approximate surface area is 133 Å². The van der Waals surface area contributed by atoms with Gasteiger partial charge in [-0.2, -0.15) is 0 Å². The normalized spacial score (nSPS) is 11.1. The second-order valence-electron chi connectivity index (χ2n) is 4.23. The van der Waals surface area contributed by atoms with Gasteiger partial charge < -0.3 is 10.1 Å². The average molecular weight is 340 g/mol. The first-order valence-electron chi connectivity index (χ1n) is 6.58. The zero-order chi connectivity index (χ0) is 16.0. The Morgan fingerprint density at radius 1 is 1.23 bits per heavy atom. The first-order valence-corrected chi connectivity index (χ1v) is 8.94. The number of para-hydroxylation sites is 2. The highest BCUT2D eigenvalue weighted by Crippen LogP contribution is 2.23. The van der Waals surface area contributed by atoms with Crippen LogP contribution in [0.25, 0.3) is 0 Å². The van der Waals surface area contributed by atoms with Gasteiger partial charge in [0.25, 0.3) is 10.0 Å². The minimum absolute atomic E-state index is 0.176. The molecule has 8 heteroatoms. The van der Waals surface area contributed by atoms with Gasteiger partial charge in [-0.3, -0.25) is 4.79 Å².